The van der Waals surface area contributed by atoms with Gasteiger partial charge in [0.1, 0.15) is 5.82 Å². The van der Waals surface area contributed by atoms with Crippen LogP contribution in [0.2, 0.25) is 0 Å². The van der Waals surface area contributed by atoms with Gasteiger partial charge in [0, 0.05) is 12.8 Å². The number of rotatable bonds is 5. The van der Waals surface area contributed by atoms with Crippen LogP contribution in [0, 0.1) is 6.92 Å². The van der Waals surface area contributed by atoms with Gasteiger partial charge in [-0.3, -0.25) is 9.40 Å². The summed E-state index contributed by atoms with van der Waals surface area (Å²) in [6.45, 7) is 3.11. The lowest BCUT2D eigenvalue weighted by Crippen LogP contribution is -2.15. The first-order chi connectivity index (χ1) is 10.0. The second kappa shape index (κ2) is 5.49. The van der Waals surface area contributed by atoms with E-state index >= 15 is 0 Å². The maximum atomic E-state index is 12.1. The van der Waals surface area contributed by atoms with E-state index < -0.39 is 10.0 Å². The Morgan fingerprint density at radius 2 is 2.38 bits per heavy atom. The molecule has 1 unspecified atom stereocenters. The van der Waals surface area contributed by atoms with Crippen LogP contribution in [0.1, 0.15) is 18.7 Å². The molecule has 2 aromatic heterocycles. The van der Waals surface area contributed by atoms with Crippen LogP contribution in [0.3, 0.4) is 0 Å². The van der Waals surface area contributed by atoms with E-state index in [1.165, 1.54) is 12.4 Å². The molecule has 3 rings (SSSR count). The van der Waals surface area contributed by atoms with Gasteiger partial charge in [-0.15, -0.1) is 0 Å². The van der Waals surface area contributed by atoms with Crippen LogP contribution in [-0.4, -0.2) is 40.9 Å². The predicted octanol–water partition coefficient (Wildman–Crippen LogP) is 0.894. The molecule has 0 radical (unpaired) electrons. The number of aryl methyl sites for hydroxylation is 1. The van der Waals surface area contributed by atoms with E-state index in [2.05, 4.69) is 19.8 Å². The van der Waals surface area contributed by atoms with Gasteiger partial charge in [0.15, 0.2) is 5.03 Å². The molecular formula is C12H17N5O3S. The number of hydrogen-bond donors (Lipinski definition) is 2. The van der Waals surface area contributed by atoms with Crippen LogP contribution in [0.25, 0.3) is 0 Å². The lowest BCUT2D eigenvalue weighted by Gasteiger charge is -2.08. The molecule has 1 saturated heterocycles. The summed E-state index contributed by atoms with van der Waals surface area (Å²) in [6, 6.07) is 0. The molecule has 1 atom stereocenters. The Morgan fingerprint density at radius 3 is 3.05 bits per heavy atom. The van der Waals surface area contributed by atoms with Crippen molar-refractivity contribution in [3.63, 3.8) is 0 Å². The first kappa shape index (κ1) is 14.1. The van der Waals surface area contributed by atoms with Gasteiger partial charge < -0.3 is 9.72 Å². The van der Waals surface area contributed by atoms with Crippen molar-refractivity contribution in [3.05, 3.63) is 24.4 Å². The number of H-pyrrole nitrogens is 1. The number of ether oxygens (including phenoxy) is 1. The highest BCUT2D eigenvalue weighted by Crippen LogP contribution is 2.17. The maximum Gasteiger partial charge on any atom is 0.279 e. The third-order valence-corrected chi connectivity index (χ3v) is 4.56. The van der Waals surface area contributed by atoms with Gasteiger partial charge in [0.25, 0.3) is 10.0 Å². The Labute approximate surface area is 122 Å². The van der Waals surface area contributed by atoms with Gasteiger partial charge in [-0.1, -0.05) is 0 Å². The molecule has 1 fully saturated rings. The van der Waals surface area contributed by atoms with Crippen LogP contribution in [-0.2, 0) is 21.3 Å². The van der Waals surface area contributed by atoms with E-state index in [0.29, 0.717) is 18.1 Å². The standard InChI is InChI=1S/C12H17N5O3S/c1-9-13-6-12(15-9)21(18,19)16-10-5-14-17(7-10)8-11-3-2-4-20-11/h5-7,11,16H,2-4,8H2,1H3,(H,13,15). The molecule has 3 heterocycles. The highest BCUT2D eigenvalue weighted by atomic mass is 32.2. The van der Waals surface area contributed by atoms with Gasteiger partial charge >= 0.3 is 0 Å². The van der Waals surface area contributed by atoms with Crippen LogP contribution in [0.15, 0.2) is 23.6 Å². The van der Waals surface area contributed by atoms with Crippen LogP contribution >= 0.6 is 0 Å². The molecule has 0 aliphatic carbocycles. The van der Waals surface area contributed by atoms with Crippen LogP contribution in [0.4, 0.5) is 5.69 Å². The molecule has 0 amide bonds. The van der Waals surface area contributed by atoms with Crippen molar-refractivity contribution in [2.45, 2.75) is 37.4 Å². The number of anilines is 1. The summed E-state index contributed by atoms with van der Waals surface area (Å²) in [7, 11) is -3.66. The van der Waals surface area contributed by atoms with Crippen molar-refractivity contribution in [2.75, 3.05) is 11.3 Å². The minimum absolute atomic E-state index is 0.0341. The zero-order valence-electron chi connectivity index (χ0n) is 11.6. The van der Waals surface area contributed by atoms with E-state index in [9.17, 15) is 8.42 Å². The Bertz CT molecular complexity index is 715. The Hall–Kier alpha value is -1.87. The summed E-state index contributed by atoms with van der Waals surface area (Å²) in [5.74, 6) is 0.546. The summed E-state index contributed by atoms with van der Waals surface area (Å²) in [6.07, 6.45) is 6.65. The van der Waals surface area contributed by atoms with Crippen molar-refractivity contribution < 1.29 is 13.2 Å². The lowest BCUT2D eigenvalue weighted by atomic mass is 10.2. The fraction of sp³-hybridized carbons (Fsp3) is 0.500. The maximum absolute atomic E-state index is 12.1. The molecule has 1 aliphatic heterocycles. The molecule has 0 bridgehead atoms. The molecule has 114 valence electrons. The van der Waals surface area contributed by atoms with Gasteiger partial charge in [-0.05, 0) is 19.8 Å². The number of imidazole rings is 1. The molecule has 1 aliphatic rings. The van der Waals surface area contributed by atoms with E-state index in [1.54, 1.807) is 17.8 Å². The molecule has 21 heavy (non-hydrogen) atoms. The SMILES string of the molecule is Cc1ncc(S(=O)(=O)Nc2cnn(CC3CCCO3)c2)[nH]1. The topological polar surface area (TPSA) is 102 Å². The molecule has 8 nitrogen and oxygen atoms in total. The first-order valence-electron chi connectivity index (χ1n) is 6.71. The minimum Gasteiger partial charge on any atom is -0.376 e. The van der Waals surface area contributed by atoms with Crippen molar-refractivity contribution in [1.29, 1.82) is 0 Å². The van der Waals surface area contributed by atoms with Crippen molar-refractivity contribution in [2.24, 2.45) is 0 Å². The van der Waals surface area contributed by atoms with E-state index in [1.807, 2.05) is 0 Å². The Kier molecular flexibility index (Phi) is 3.68. The molecule has 2 aromatic rings. The molecule has 0 aromatic carbocycles. The predicted molar refractivity (Wildman–Crippen MR) is 75.3 cm³/mol. The monoisotopic (exact) mass is 311 g/mol. The second-order valence-corrected chi connectivity index (χ2v) is 6.68. The fourth-order valence-electron chi connectivity index (χ4n) is 2.26. The number of sulfonamides is 1. The summed E-state index contributed by atoms with van der Waals surface area (Å²) >= 11 is 0. The number of aromatic amines is 1. The summed E-state index contributed by atoms with van der Waals surface area (Å²) in [4.78, 5) is 6.58. The smallest absolute Gasteiger partial charge is 0.279 e. The minimum atomic E-state index is -3.66. The first-order valence-corrected chi connectivity index (χ1v) is 8.20. The molecule has 2 N–H and O–H groups in total. The third kappa shape index (κ3) is 3.24. The van der Waals surface area contributed by atoms with Crippen molar-refractivity contribution in [1.82, 2.24) is 19.7 Å². The van der Waals surface area contributed by atoms with E-state index in [0.717, 1.165) is 19.4 Å². The number of hydrogen-bond acceptors (Lipinski definition) is 5. The zero-order chi connectivity index (χ0) is 14.9. The zero-order valence-corrected chi connectivity index (χ0v) is 12.4. The molecule has 0 spiro atoms. The van der Waals surface area contributed by atoms with Gasteiger partial charge in [-0.25, -0.2) is 4.98 Å². The number of aromatic nitrogens is 4. The Balaban J connectivity index is 1.69. The average Bonchev–Trinajstić information content (AvgIpc) is 3.12. The van der Waals surface area contributed by atoms with E-state index in [-0.39, 0.29) is 11.1 Å². The van der Waals surface area contributed by atoms with Crippen molar-refractivity contribution in [3.8, 4) is 0 Å². The summed E-state index contributed by atoms with van der Waals surface area (Å²) in [5.41, 5.74) is 0.417. The lowest BCUT2D eigenvalue weighted by molar-refractivity contribution is 0.0940. The van der Waals surface area contributed by atoms with Gasteiger partial charge in [0.2, 0.25) is 0 Å². The third-order valence-electron chi connectivity index (χ3n) is 3.27. The quantitative estimate of drug-likeness (QED) is 0.854. The van der Waals surface area contributed by atoms with Crippen LogP contribution in [0.5, 0.6) is 0 Å². The summed E-state index contributed by atoms with van der Waals surface area (Å²) < 4.78 is 33.9. The highest BCUT2D eigenvalue weighted by Gasteiger charge is 2.19. The number of nitrogens with zero attached hydrogens (tertiary/aromatic N) is 3. The van der Waals surface area contributed by atoms with Gasteiger partial charge in [-0.2, -0.15) is 13.5 Å². The van der Waals surface area contributed by atoms with Gasteiger partial charge in [0.05, 0.1) is 30.7 Å². The molecular weight excluding hydrogens is 294 g/mol. The van der Waals surface area contributed by atoms with E-state index in [4.69, 9.17) is 4.74 Å². The van der Waals surface area contributed by atoms with Crippen molar-refractivity contribution >= 4 is 15.7 Å². The summed E-state index contributed by atoms with van der Waals surface area (Å²) in [5, 5.41) is 4.18. The largest absolute Gasteiger partial charge is 0.376 e. The molecule has 0 saturated carbocycles. The second-order valence-electron chi connectivity index (χ2n) is 5.02. The molecule has 9 heteroatoms. The highest BCUT2D eigenvalue weighted by molar-refractivity contribution is 7.92. The fourth-order valence-corrected chi connectivity index (χ4v) is 3.26. The van der Waals surface area contributed by atoms with Crippen LogP contribution < -0.4 is 4.72 Å². The normalized spacial score (nSPS) is 19.0. The average molecular weight is 311 g/mol. The number of nitrogens with one attached hydrogen (secondary N) is 2. The Morgan fingerprint density at radius 1 is 1.52 bits per heavy atom.